The zero-order chi connectivity index (χ0) is 14.2. The zero-order valence-electron chi connectivity index (χ0n) is 12.8. The van der Waals surface area contributed by atoms with E-state index in [1.54, 1.807) is 7.11 Å². The molecule has 4 nitrogen and oxygen atoms in total. The summed E-state index contributed by atoms with van der Waals surface area (Å²) in [4.78, 5) is 2.34. The molecule has 1 saturated heterocycles. The van der Waals surface area contributed by atoms with Gasteiger partial charge in [-0.05, 0) is 37.9 Å². The molecule has 5 heteroatoms. The van der Waals surface area contributed by atoms with Crippen molar-refractivity contribution >= 4 is 12.4 Å². The third-order valence-corrected chi connectivity index (χ3v) is 3.98. The predicted molar refractivity (Wildman–Crippen MR) is 88.2 cm³/mol. The fourth-order valence-electron chi connectivity index (χ4n) is 2.88. The summed E-state index contributed by atoms with van der Waals surface area (Å²) < 4.78 is 5.42. The molecule has 120 valence electrons. The second kappa shape index (κ2) is 10.0. The number of hydrogen-bond donors (Lipinski definition) is 2. The number of methoxy groups -OCH3 is 1. The van der Waals surface area contributed by atoms with Crippen molar-refractivity contribution in [3.05, 3.63) is 29.8 Å². The Balaban J connectivity index is 0.00000220. The Kier molecular flexibility index (Phi) is 8.69. The molecule has 0 amide bonds. The molecule has 0 unspecified atom stereocenters. The maximum absolute atomic E-state index is 9.29. The van der Waals surface area contributed by atoms with Crippen molar-refractivity contribution in [1.82, 2.24) is 10.2 Å². The van der Waals surface area contributed by atoms with Crippen LogP contribution in [0, 0.1) is 5.92 Å². The van der Waals surface area contributed by atoms with Crippen molar-refractivity contribution in [2.45, 2.75) is 19.4 Å². The average Bonchev–Trinajstić information content (AvgIpc) is 2.49. The van der Waals surface area contributed by atoms with Crippen LogP contribution in [0.5, 0.6) is 5.75 Å². The predicted octanol–water partition coefficient (Wildman–Crippen LogP) is 1.91. The van der Waals surface area contributed by atoms with E-state index >= 15 is 0 Å². The van der Waals surface area contributed by atoms with Gasteiger partial charge in [-0.3, -0.25) is 4.90 Å². The first-order valence-corrected chi connectivity index (χ1v) is 7.49. The molecule has 21 heavy (non-hydrogen) atoms. The second-order valence-electron chi connectivity index (χ2n) is 5.46. The lowest BCUT2D eigenvalue weighted by Crippen LogP contribution is -2.37. The molecule has 0 radical (unpaired) electrons. The number of hydrogen-bond acceptors (Lipinski definition) is 4. The van der Waals surface area contributed by atoms with E-state index in [-0.39, 0.29) is 19.0 Å². The number of aliphatic hydroxyl groups excluding tert-OH is 1. The van der Waals surface area contributed by atoms with Crippen LogP contribution in [0.2, 0.25) is 0 Å². The molecule has 1 aromatic carbocycles. The van der Waals surface area contributed by atoms with Crippen LogP contribution in [0.15, 0.2) is 24.3 Å². The number of benzene rings is 1. The van der Waals surface area contributed by atoms with Gasteiger partial charge in [0, 0.05) is 25.2 Å². The van der Waals surface area contributed by atoms with E-state index in [0.717, 1.165) is 44.4 Å². The van der Waals surface area contributed by atoms with Crippen LogP contribution in [0.1, 0.15) is 18.4 Å². The van der Waals surface area contributed by atoms with Crippen molar-refractivity contribution in [3.63, 3.8) is 0 Å². The van der Waals surface area contributed by atoms with Gasteiger partial charge in [-0.25, -0.2) is 0 Å². The normalized spacial score (nSPS) is 15.8. The van der Waals surface area contributed by atoms with Gasteiger partial charge >= 0.3 is 0 Å². The average molecular weight is 315 g/mol. The Hall–Kier alpha value is -0.810. The van der Waals surface area contributed by atoms with Crippen LogP contribution in [0.3, 0.4) is 0 Å². The summed E-state index contributed by atoms with van der Waals surface area (Å²) in [6.07, 6.45) is 2.46. The summed E-state index contributed by atoms with van der Waals surface area (Å²) in [5, 5.41) is 12.7. The smallest absolute Gasteiger partial charge is 0.123 e. The topological polar surface area (TPSA) is 44.7 Å². The first kappa shape index (κ1) is 18.2. The first-order valence-electron chi connectivity index (χ1n) is 7.49. The molecule has 1 aromatic rings. The lowest BCUT2D eigenvalue weighted by molar-refractivity contribution is 0.156. The molecule has 0 atom stereocenters. The molecule has 1 aliphatic heterocycles. The van der Waals surface area contributed by atoms with Crippen molar-refractivity contribution in [1.29, 1.82) is 0 Å². The van der Waals surface area contributed by atoms with E-state index in [9.17, 15) is 5.11 Å². The molecule has 1 aliphatic rings. The van der Waals surface area contributed by atoms with Gasteiger partial charge in [-0.1, -0.05) is 18.2 Å². The molecule has 2 N–H and O–H groups in total. The zero-order valence-corrected chi connectivity index (χ0v) is 13.6. The number of piperidine rings is 1. The van der Waals surface area contributed by atoms with Crippen LogP contribution >= 0.6 is 12.4 Å². The molecule has 0 saturated carbocycles. The van der Waals surface area contributed by atoms with Crippen LogP contribution in [-0.2, 0) is 6.54 Å². The standard InChI is InChI=1S/C16H26N2O2.ClH/c1-20-16-5-3-2-4-15(16)13-18(10-11-19)12-14-6-8-17-9-7-14;/h2-5,14,17,19H,6-13H2,1H3;1H. The highest BCUT2D eigenvalue weighted by atomic mass is 35.5. The summed E-state index contributed by atoms with van der Waals surface area (Å²) in [5.74, 6) is 1.67. The Bertz CT molecular complexity index is 398. The van der Waals surface area contributed by atoms with Crippen LogP contribution in [-0.4, -0.2) is 49.9 Å². The van der Waals surface area contributed by atoms with E-state index in [4.69, 9.17) is 4.74 Å². The van der Waals surface area contributed by atoms with Crippen molar-refractivity contribution in [3.8, 4) is 5.75 Å². The Labute approximate surface area is 133 Å². The number of halogens is 1. The molecule has 0 aromatic heterocycles. The minimum Gasteiger partial charge on any atom is -0.496 e. The summed E-state index contributed by atoms with van der Waals surface area (Å²) in [5.41, 5.74) is 1.19. The van der Waals surface area contributed by atoms with Crippen molar-refractivity contribution in [2.24, 2.45) is 5.92 Å². The van der Waals surface area contributed by atoms with Gasteiger partial charge in [0.1, 0.15) is 5.75 Å². The van der Waals surface area contributed by atoms with Gasteiger partial charge in [0.2, 0.25) is 0 Å². The van der Waals surface area contributed by atoms with Crippen molar-refractivity contribution < 1.29 is 9.84 Å². The quantitative estimate of drug-likeness (QED) is 0.807. The fourth-order valence-corrected chi connectivity index (χ4v) is 2.88. The van der Waals surface area contributed by atoms with E-state index < -0.39 is 0 Å². The summed E-state index contributed by atoms with van der Waals surface area (Å²) in [6.45, 7) is 5.06. The highest BCUT2D eigenvalue weighted by molar-refractivity contribution is 5.85. The minimum absolute atomic E-state index is 0. The van der Waals surface area contributed by atoms with E-state index in [0.29, 0.717) is 0 Å². The molecular weight excluding hydrogens is 288 g/mol. The van der Waals surface area contributed by atoms with Gasteiger partial charge in [0.15, 0.2) is 0 Å². The minimum atomic E-state index is 0. The second-order valence-corrected chi connectivity index (χ2v) is 5.46. The third-order valence-electron chi connectivity index (χ3n) is 3.98. The molecule has 0 spiro atoms. The fraction of sp³-hybridized carbons (Fsp3) is 0.625. The monoisotopic (exact) mass is 314 g/mol. The van der Waals surface area contributed by atoms with Gasteiger partial charge < -0.3 is 15.2 Å². The van der Waals surface area contributed by atoms with Gasteiger partial charge in [-0.2, -0.15) is 0 Å². The molecule has 0 aliphatic carbocycles. The number of para-hydroxylation sites is 1. The summed E-state index contributed by atoms with van der Waals surface area (Å²) >= 11 is 0. The molecule has 0 bridgehead atoms. The van der Waals surface area contributed by atoms with Crippen LogP contribution < -0.4 is 10.1 Å². The largest absolute Gasteiger partial charge is 0.496 e. The molecular formula is C16H27ClN2O2. The highest BCUT2D eigenvalue weighted by Crippen LogP contribution is 2.21. The number of ether oxygens (including phenoxy) is 1. The maximum atomic E-state index is 9.29. The number of aliphatic hydroxyl groups is 1. The Morgan fingerprint density at radius 1 is 1.29 bits per heavy atom. The van der Waals surface area contributed by atoms with Gasteiger partial charge in [0.05, 0.1) is 13.7 Å². The van der Waals surface area contributed by atoms with Crippen LogP contribution in [0.25, 0.3) is 0 Å². The highest BCUT2D eigenvalue weighted by Gasteiger charge is 2.17. The molecule has 1 fully saturated rings. The van der Waals surface area contributed by atoms with E-state index in [2.05, 4.69) is 16.3 Å². The lowest BCUT2D eigenvalue weighted by Gasteiger charge is -2.30. The third kappa shape index (κ3) is 5.83. The Morgan fingerprint density at radius 2 is 2.00 bits per heavy atom. The first-order chi connectivity index (χ1) is 9.83. The van der Waals surface area contributed by atoms with Crippen LogP contribution in [0.4, 0.5) is 0 Å². The molecule has 1 heterocycles. The lowest BCUT2D eigenvalue weighted by atomic mass is 9.97. The summed E-state index contributed by atoms with van der Waals surface area (Å²) in [6, 6.07) is 8.13. The SMILES string of the molecule is COc1ccccc1CN(CCO)CC1CCNCC1.Cl. The van der Waals surface area contributed by atoms with E-state index in [1.165, 1.54) is 18.4 Å². The summed E-state index contributed by atoms with van der Waals surface area (Å²) in [7, 11) is 1.71. The number of nitrogens with zero attached hydrogens (tertiary/aromatic N) is 1. The molecule has 2 rings (SSSR count). The van der Waals surface area contributed by atoms with E-state index in [1.807, 2.05) is 18.2 Å². The van der Waals surface area contributed by atoms with Crippen molar-refractivity contribution in [2.75, 3.05) is 39.9 Å². The van der Waals surface area contributed by atoms with Gasteiger partial charge in [-0.15, -0.1) is 12.4 Å². The van der Waals surface area contributed by atoms with Gasteiger partial charge in [0.25, 0.3) is 0 Å². The Morgan fingerprint density at radius 3 is 2.67 bits per heavy atom. The maximum Gasteiger partial charge on any atom is 0.123 e. The number of nitrogens with one attached hydrogen (secondary N) is 1. The number of rotatable bonds is 7.